The van der Waals surface area contributed by atoms with Gasteiger partial charge in [-0.1, -0.05) is 0 Å². The molecule has 8 heteroatoms. The first-order chi connectivity index (χ1) is 8.02. The van der Waals surface area contributed by atoms with Crippen LogP contribution in [0.25, 0.3) is 0 Å². The van der Waals surface area contributed by atoms with E-state index in [2.05, 4.69) is 10.1 Å². The van der Waals surface area contributed by atoms with Crippen molar-refractivity contribution in [1.82, 2.24) is 10.2 Å². The number of carbonyl (C=O) groups is 3. The lowest BCUT2D eigenvalue weighted by Gasteiger charge is -2.21. The van der Waals surface area contributed by atoms with E-state index in [1.54, 1.807) is 0 Å². The summed E-state index contributed by atoms with van der Waals surface area (Å²) >= 11 is 0. The SMILES string of the molecule is NC(=O)OCCNC(=O)N1CCC[C@H]1C(=O)O. The summed E-state index contributed by atoms with van der Waals surface area (Å²) in [5.74, 6) is -1.01. The Kier molecular flexibility index (Phi) is 4.56. The highest BCUT2D eigenvalue weighted by Gasteiger charge is 2.33. The van der Waals surface area contributed by atoms with E-state index in [9.17, 15) is 14.4 Å². The first kappa shape index (κ1) is 13.1. The van der Waals surface area contributed by atoms with E-state index < -0.39 is 24.1 Å². The van der Waals surface area contributed by atoms with Gasteiger partial charge >= 0.3 is 18.1 Å². The largest absolute Gasteiger partial charge is 0.480 e. The topological polar surface area (TPSA) is 122 Å². The Labute approximate surface area is 97.7 Å². The maximum Gasteiger partial charge on any atom is 0.404 e. The molecule has 0 aromatic carbocycles. The van der Waals surface area contributed by atoms with E-state index in [0.717, 1.165) is 0 Å². The maximum atomic E-state index is 11.6. The van der Waals surface area contributed by atoms with Crippen LogP contribution in [0.3, 0.4) is 0 Å². The summed E-state index contributed by atoms with van der Waals surface area (Å²) in [6.45, 7) is 0.483. The minimum absolute atomic E-state index is 0.0351. The number of nitrogens with two attached hydrogens (primary N) is 1. The lowest BCUT2D eigenvalue weighted by atomic mass is 10.2. The fourth-order valence-corrected chi connectivity index (χ4v) is 1.68. The summed E-state index contributed by atoms with van der Waals surface area (Å²) in [5, 5.41) is 11.3. The van der Waals surface area contributed by atoms with Crippen molar-refractivity contribution in [2.45, 2.75) is 18.9 Å². The van der Waals surface area contributed by atoms with Crippen molar-refractivity contribution in [3.05, 3.63) is 0 Å². The molecule has 0 aromatic rings. The van der Waals surface area contributed by atoms with E-state index >= 15 is 0 Å². The second-order valence-corrected chi connectivity index (χ2v) is 3.59. The summed E-state index contributed by atoms with van der Waals surface area (Å²) in [7, 11) is 0. The number of carbonyl (C=O) groups excluding carboxylic acids is 2. The normalized spacial score (nSPS) is 18.8. The number of aliphatic carboxylic acids is 1. The van der Waals surface area contributed by atoms with Crippen molar-refractivity contribution in [3.63, 3.8) is 0 Å². The van der Waals surface area contributed by atoms with Crippen molar-refractivity contribution < 1.29 is 24.2 Å². The fourth-order valence-electron chi connectivity index (χ4n) is 1.68. The molecule has 1 atom stereocenters. The van der Waals surface area contributed by atoms with E-state index in [0.29, 0.717) is 19.4 Å². The molecule has 0 saturated carbocycles. The molecule has 1 fully saturated rings. The van der Waals surface area contributed by atoms with Crippen LogP contribution in [0.1, 0.15) is 12.8 Å². The molecule has 96 valence electrons. The van der Waals surface area contributed by atoms with Crippen LogP contribution in [0.5, 0.6) is 0 Å². The second kappa shape index (κ2) is 5.92. The van der Waals surface area contributed by atoms with Crippen LogP contribution >= 0.6 is 0 Å². The highest BCUT2D eigenvalue weighted by molar-refractivity contribution is 5.83. The highest BCUT2D eigenvalue weighted by Crippen LogP contribution is 2.16. The van der Waals surface area contributed by atoms with Crippen LogP contribution in [-0.4, -0.2) is 53.8 Å². The van der Waals surface area contributed by atoms with Gasteiger partial charge in [0.05, 0.1) is 6.54 Å². The Morgan fingerprint density at radius 1 is 1.47 bits per heavy atom. The molecule has 4 N–H and O–H groups in total. The Bertz CT molecular complexity index is 320. The molecule has 1 aliphatic heterocycles. The van der Waals surface area contributed by atoms with Gasteiger partial charge in [0.2, 0.25) is 0 Å². The number of nitrogens with zero attached hydrogens (tertiary/aromatic N) is 1. The Morgan fingerprint density at radius 3 is 2.76 bits per heavy atom. The molecule has 0 aliphatic carbocycles. The van der Waals surface area contributed by atoms with Crippen molar-refractivity contribution in [1.29, 1.82) is 0 Å². The molecule has 0 radical (unpaired) electrons. The third kappa shape index (κ3) is 3.82. The number of hydrogen-bond donors (Lipinski definition) is 3. The van der Waals surface area contributed by atoms with E-state index in [-0.39, 0.29) is 13.2 Å². The number of amides is 3. The molecule has 0 bridgehead atoms. The standard InChI is InChI=1S/C9H15N3O5/c10-8(15)17-5-3-11-9(16)12-4-1-2-6(12)7(13)14/h6H,1-5H2,(H2,10,15)(H,11,16)(H,13,14)/t6-/m0/s1. The highest BCUT2D eigenvalue weighted by atomic mass is 16.5. The summed E-state index contributed by atoms with van der Waals surface area (Å²) in [5.41, 5.74) is 4.73. The molecule has 8 nitrogen and oxygen atoms in total. The van der Waals surface area contributed by atoms with Gasteiger partial charge in [-0.15, -0.1) is 0 Å². The van der Waals surface area contributed by atoms with Crippen molar-refractivity contribution in [2.75, 3.05) is 19.7 Å². The van der Waals surface area contributed by atoms with Crippen molar-refractivity contribution >= 4 is 18.1 Å². The average Bonchev–Trinajstić information content (AvgIpc) is 2.72. The maximum absolute atomic E-state index is 11.6. The average molecular weight is 245 g/mol. The van der Waals surface area contributed by atoms with Gasteiger partial charge in [0, 0.05) is 6.54 Å². The summed E-state index contributed by atoms with van der Waals surface area (Å²) < 4.78 is 4.42. The number of nitrogens with one attached hydrogen (secondary N) is 1. The molecule has 1 rings (SSSR count). The van der Waals surface area contributed by atoms with Crippen LogP contribution in [0.15, 0.2) is 0 Å². The van der Waals surface area contributed by atoms with Crippen LogP contribution in [0.2, 0.25) is 0 Å². The molecule has 3 amide bonds. The predicted octanol–water partition coefficient (Wildman–Crippen LogP) is -0.660. The van der Waals surface area contributed by atoms with Crippen molar-refractivity contribution in [3.8, 4) is 0 Å². The molecular formula is C9H15N3O5. The van der Waals surface area contributed by atoms with Crippen molar-refractivity contribution in [2.24, 2.45) is 5.73 Å². The molecule has 1 aliphatic rings. The Balaban J connectivity index is 2.32. The molecule has 17 heavy (non-hydrogen) atoms. The summed E-state index contributed by atoms with van der Waals surface area (Å²) in [6.07, 6.45) is 0.215. The molecule has 0 unspecified atom stereocenters. The monoisotopic (exact) mass is 245 g/mol. The van der Waals surface area contributed by atoms with Gasteiger partial charge in [-0.05, 0) is 12.8 Å². The second-order valence-electron chi connectivity index (χ2n) is 3.59. The zero-order valence-electron chi connectivity index (χ0n) is 9.22. The van der Waals surface area contributed by atoms with Gasteiger partial charge < -0.3 is 25.8 Å². The fraction of sp³-hybridized carbons (Fsp3) is 0.667. The zero-order chi connectivity index (χ0) is 12.8. The molecule has 1 saturated heterocycles. The first-order valence-corrected chi connectivity index (χ1v) is 5.22. The van der Waals surface area contributed by atoms with Gasteiger partial charge in [0.15, 0.2) is 0 Å². The third-order valence-corrected chi connectivity index (χ3v) is 2.42. The number of hydrogen-bond acceptors (Lipinski definition) is 4. The number of carboxylic acid groups (broad SMARTS) is 1. The van der Waals surface area contributed by atoms with Gasteiger partial charge in [0.25, 0.3) is 0 Å². The Hall–Kier alpha value is -1.99. The zero-order valence-corrected chi connectivity index (χ0v) is 9.22. The summed E-state index contributed by atoms with van der Waals surface area (Å²) in [4.78, 5) is 33.9. The van der Waals surface area contributed by atoms with Gasteiger partial charge in [-0.2, -0.15) is 0 Å². The smallest absolute Gasteiger partial charge is 0.404 e. The molecular weight excluding hydrogens is 230 g/mol. The van der Waals surface area contributed by atoms with Gasteiger partial charge in [0.1, 0.15) is 12.6 Å². The Morgan fingerprint density at radius 2 is 2.18 bits per heavy atom. The molecule has 1 heterocycles. The third-order valence-electron chi connectivity index (χ3n) is 2.42. The number of primary amides is 1. The molecule has 0 aromatic heterocycles. The molecule has 0 spiro atoms. The first-order valence-electron chi connectivity index (χ1n) is 5.22. The lowest BCUT2D eigenvalue weighted by molar-refractivity contribution is -0.141. The lowest BCUT2D eigenvalue weighted by Crippen LogP contribution is -2.46. The van der Waals surface area contributed by atoms with Crippen LogP contribution in [0, 0.1) is 0 Å². The minimum atomic E-state index is -1.01. The number of carboxylic acids is 1. The predicted molar refractivity (Wildman–Crippen MR) is 56.3 cm³/mol. The quantitative estimate of drug-likeness (QED) is 0.567. The number of urea groups is 1. The number of likely N-dealkylation sites (tertiary alicyclic amines) is 1. The van der Waals surface area contributed by atoms with E-state index in [1.807, 2.05) is 0 Å². The van der Waals surface area contributed by atoms with Crippen LogP contribution < -0.4 is 11.1 Å². The van der Waals surface area contributed by atoms with Crippen LogP contribution in [0.4, 0.5) is 9.59 Å². The minimum Gasteiger partial charge on any atom is -0.480 e. The van der Waals surface area contributed by atoms with Gasteiger partial charge in [-0.25, -0.2) is 14.4 Å². The number of rotatable bonds is 4. The van der Waals surface area contributed by atoms with E-state index in [4.69, 9.17) is 10.8 Å². The van der Waals surface area contributed by atoms with Gasteiger partial charge in [-0.3, -0.25) is 0 Å². The van der Waals surface area contributed by atoms with Crippen LogP contribution in [-0.2, 0) is 9.53 Å². The summed E-state index contributed by atoms with van der Waals surface area (Å²) in [6, 6.07) is -1.24. The van der Waals surface area contributed by atoms with E-state index in [1.165, 1.54) is 4.90 Å². The number of ether oxygens (including phenoxy) is 1.